The molecule has 0 aliphatic heterocycles. The molecule has 0 heterocycles. The summed E-state index contributed by atoms with van der Waals surface area (Å²) in [6, 6.07) is 15.8. The molecule has 1 amide bonds. The lowest BCUT2D eigenvalue weighted by Crippen LogP contribution is -2.14. The van der Waals surface area contributed by atoms with Gasteiger partial charge in [0.15, 0.2) is 0 Å². The van der Waals surface area contributed by atoms with E-state index < -0.39 is 10.0 Å². The van der Waals surface area contributed by atoms with E-state index in [0.29, 0.717) is 16.1 Å². The molecule has 3 N–H and O–H groups in total. The van der Waals surface area contributed by atoms with Crippen LogP contribution < -0.4 is 10.5 Å². The van der Waals surface area contributed by atoms with Crippen LogP contribution in [0, 0.1) is 0 Å². The summed E-state index contributed by atoms with van der Waals surface area (Å²) in [6.07, 6.45) is 0. The van der Waals surface area contributed by atoms with E-state index in [1.165, 1.54) is 0 Å². The Morgan fingerprint density at radius 1 is 1.10 bits per heavy atom. The number of carbonyl (C=O) groups excluding carboxylic acids is 1. The van der Waals surface area contributed by atoms with Crippen LogP contribution in [0.15, 0.2) is 59.5 Å². The number of carbonyl (C=O) groups is 1. The number of thioether (sulfide) groups is 1. The number of sulfonamides is 1. The van der Waals surface area contributed by atoms with E-state index in [-0.39, 0.29) is 11.0 Å². The number of para-hydroxylation sites is 1. The molecule has 0 saturated heterocycles. The van der Waals surface area contributed by atoms with Crippen molar-refractivity contribution in [3.63, 3.8) is 0 Å². The van der Waals surface area contributed by atoms with Crippen molar-refractivity contribution >= 4 is 33.4 Å². The minimum Gasteiger partial charge on any atom is -0.322 e. The van der Waals surface area contributed by atoms with Crippen molar-refractivity contribution in [3.8, 4) is 0 Å². The highest BCUT2D eigenvalue weighted by Gasteiger charge is 2.09. The maximum atomic E-state index is 12.1. The van der Waals surface area contributed by atoms with Gasteiger partial charge in [0, 0.05) is 16.1 Å². The molecule has 0 unspecified atom stereocenters. The zero-order valence-electron chi connectivity index (χ0n) is 11.0. The van der Waals surface area contributed by atoms with Gasteiger partial charge in [0.05, 0.1) is 0 Å². The van der Waals surface area contributed by atoms with Crippen LogP contribution in [0.5, 0.6) is 0 Å². The Hall–Kier alpha value is -1.83. The summed E-state index contributed by atoms with van der Waals surface area (Å²) in [4.78, 5) is 12.8. The zero-order chi connectivity index (χ0) is 15.3. The molecule has 0 aliphatic carbocycles. The average molecular weight is 322 g/mol. The Balaban J connectivity index is 2.08. The minimum absolute atomic E-state index is 0.225. The molecule has 7 heteroatoms. The molecule has 0 fully saturated rings. The number of benzene rings is 2. The van der Waals surface area contributed by atoms with E-state index in [9.17, 15) is 13.2 Å². The first kappa shape index (κ1) is 15.6. The van der Waals surface area contributed by atoms with Crippen molar-refractivity contribution in [1.82, 2.24) is 0 Å². The summed E-state index contributed by atoms with van der Waals surface area (Å²) in [7, 11) is -3.54. The lowest BCUT2D eigenvalue weighted by molar-refractivity contribution is 0.102. The highest BCUT2D eigenvalue weighted by Crippen LogP contribution is 2.20. The Morgan fingerprint density at radius 2 is 1.81 bits per heavy atom. The first-order valence-electron chi connectivity index (χ1n) is 6.04. The highest BCUT2D eigenvalue weighted by atomic mass is 32.3. The molecule has 0 aliphatic rings. The first-order chi connectivity index (χ1) is 9.94. The summed E-state index contributed by atoms with van der Waals surface area (Å²) in [6.45, 7) is 0. The zero-order valence-corrected chi connectivity index (χ0v) is 12.7. The second-order valence-corrected chi connectivity index (χ2v) is 7.30. The fraction of sp³-hybridized carbons (Fsp3) is 0.0714. The van der Waals surface area contributed by atoms with Crippen LogP contribution in [0.1, 0.15) is 10.4 Å². The highest BCUT2D eigenvalue weighted by molar-refractivity contribution is 8.11. The lowest BCUT2D eigenvalue weighted by atomic mass is 10.2. The van der Waals surface area contributed by atoms with Gasteiger partial charge >= 0.3 is 0 Å². The van der Waals surface area contributed by atoms with E-state index in [1.807, 2.05) is 18.2 Å². The molecule has 5 nitrogen and oxygen atoms in total. The molecule has 0 aromatic heterocycles. The third-order valence-corrected chi connectivity index (χ3v) is 4.89. The van der Waals surface area contributed by atoms with Gasteiger partial charge in [0.25, 0.3) is 5.91 Å². The summed E-state index contributed by atoms with van der Waals surface area (Å²) in [5, 5.41) is 7.50. The van der Waals surface area contributed by atoms with Crippen LogP contribution in [0.4, 0.5) is 5.69 Å². The molecule has 0 spiro atoms. The number of anilines is 1. The molecule has 0 atom stereocenters. The molecule has 21 heavy (non-hydrogen) atoms. The van der Waals surface area contributed by atoms with E-state index in [1.54, 1.807) is 36.4 Å². The number of nitrogens with two attached hydrogens (primary N) is 1. The molecule has 2 aromatic carbocycles. The van der Waals surface area contributed by atoms with Crippen LogP contribution in [0.25, 0.3) is 0 Å². The number of amides is 1. The minimum atomic E-state index is -3.54. The quantitative estimate of drug-likeness (QED) is 0.826. The third kappa shape index (κ3) is 5.22. The summed E-state index contributed by atoms with van der Waals surface area (Å²) in [5.41, 5.74) is 1.16. The van der Waals surface area contributed by atoms with E-state index in [0.717, 1.165) is 11.8 Å². The van der Waals surface area contributed by atoms with Gasteiger partial charge in [-0.25, -0.2) is 13.6 Å². The molecule has 0 radical (unpaired) electrons. The summed E-state index contributed by atoms with van der Waals surface area (Å²) in [5.74, 6) is -0.251. The lowest BCUT2D eigenvalue weighted by Gasteiger charge is -2.06. The molecule has 110 valence electrons. The van der Waals surface area contributed by atoms with Crippen LogP contribution >= 0.6 is 11.8 Å². The second kappa shape index (κ2) is 6.75. The van der Waals surface area contributed by atoms with Gasteiger partial charge in [-0.15, -0.1) is 11.8 Å². The van der Waals surface area contributed by atoms with Crippen LogP contribution in [0.2, 0.25) is 0 Å². The standard InChI is InChI=1S/C14H14N2O3S2/c15-21(18,19)10-20-13-8-4-5-11(9-13)14(17)16-12-6-2-1-3-7-12/h1-9H,10H2,(H,16,17)(H2,15,18,19). The number of rotatable bonds is 5. The van der Waals surface area contributed by atoms with Crippen molar-refractivity contribution in [3.05, 3.63) is 60.2 Å². The maximum Gasteiger partial charge on any atom is 0.255 e. The van der Waals surface area contributed by atoms with E-state index >= 15 is 0 Å². The molecular weight excluding hydrogens is 308 g/mol. The van der Waals surface area contributed by atoms with Crippen LogP contribution in [-0.2, 0) is 10.0 Å². The average Bonchev–Trinajstić information content (AvgIpc) is 2.46. The van der Waals surface area contributed by atoms with Crippen molar-refractivity contribution in [1.29, 1.82) is 0 Å². The van der Waals surface area contributed by atoms with E-state index in [4.69, 9.17) is 5.14 Å². The van der Waals surface area contributed by atoms with Crippen LogP contribution in [-0.4, -0.2) is 19.4 Å². The van der Waals surface area contributed by atoms with E-state index in [2.05, 4.69) is 5.32 Å². The van der Waals surface area contributed by atoms with Crippen molar-refractivity contribution < 1.29 is 13.2 Å². The number of nitrogens with one attached hydrogen (secondary N) is 1. The van der Waals surface area contributed by atoms with Gasteiger partial charge in [-0.2, -0.15) is 0 Å². The Kier molecular flexibility index (Phi) is 5.00. The molecule has 0 saturated carbocycles. The van der Waals surface area contributed by atoms with Gasteiger partial charge in [0.1, 0.15) is 5.08 Å². The van der Waals surface area contributed by atoms with Gasteiger partial charge < -0.3 is 5.32 Å². The smallest absolute Gasteiger partial charge is 0.255 e. The van der Waals surface area contributed by atoms with Gasteiger partial charge in [-0.05, 0) is 30.3 Å². The number of hydrogen-bond acceptors (Lipinski definition) is 4. The Morgan fingerprint density at radius 3 is 2.48 bits per heavy atom. The second-order valence-electron chi connectivity index (χ2n) is 4.27. The SMILES string of the molecule is NS(=O)(=O)CSc1cccc(C(=O)Nc2ccccc2)c1. The maximum absolute atomic E-state index is 12.1. The molecule has 2 aromatic rings. The van der Waals surface area contributed by atoms with Crippen LogP contribution in [0.3, 0.4) is 0 Å². The Bertz CT molecular complexity index is 731. The van der Waals surface area contributed by atoms with Gasteiger partial charge in [-0.1, -0.05) is 24.3 Å². The summed E-state index contributed by atoms with van der Waals surface area (Å²) >= 11 is 1.07. The van der Waals surface area contributed by atoms with Crippen molar-refractivity contribution in [2.45, 2.75) is 4.90 Å². The van der Waals surface area contributed by atoms with Crippen molar-refractivity contribution in [2.24, 2.45) is 5.14 Å². The molecule has 0 bridgehead atoms. The number of hydrogen-bond donors (Lipinski definition) is 2. The molecular formula is C14H14N2O3S2. The fourth-order valence-electron chi connectivity index (χ4n) is 1.60. The van der Waals surface area contributed by atoms with Crippen molar-refractivity contribution in [2.75, 3.05) is 10.4 Å². The topological polar surface area (TPSA) is 89.3 Å². The van der Waals surface area contributed by atoms with Gasteiger partial charge in [-0.3, -0.25) is 4.79 Å². The fourth-order valence-corrected chi connectivity index (χ4v) is 3.19. The first-order valence-corrected chi connectivity index (χ1v) is 8.74. The Labute approximate surface area is 127 Å². The van der Waals surface area contributed by atoms with Gasteiger partial charge in [0.2, 0.25) is 10.0 Å². The third-order valence-electron chi connectivity index (χ3n) is 2.52. The normalized spacial score (nSPS) is 11.1. The molecule has 2 rings (SSSR count). The predicted molar refractivity (Wildman–Crippen MR) is 84.7 cm³/mol. The number of primary sulfonamides is 1. The largest absolute Gasteiger partial charge is 0.322 e. The monoisotopic (exact) mass is 322 g/mol. The summed E-state index contributed by atoms with van der Waals surface area (Å²) < 4.78 is 21.9. The predicted octanol–water partition coefficient (Wildman–Crippen LogP) is 2.28.